The van der Waals surface area contributed by atoms with Crippen LogP contribution in [0.25, 0.3) is 0 Å². The standard InChI is InChI=1S/C11H16N2O3/c1-7(2)10(11(14)15)8-5-12-9-6-16-4-3-13(8)9/h5,7,10H,3-4,6H2,1-2H3,(H,14,15). The van der Waals surface area contributed by atoms with E-state index in [2.05, 4.69) is 4.98 Å². The van der Waals surface area contributed by atoms with E-state index >= 15 is 0 Å². The van der Waals surface area contributed by atoms with Gasteiger partial charge in [0.15, 0.2) is 0 Å². The normalized spacial score (nSPS) is 17.2. The van der Waals surface area contributed by atoms with Crippen LogP contribution in [0.2, 0.25) is 0 Å². The molecule has 5 heteroatoms. The van der Waals surface area contributed by atoms with Crippen molar-refractivity contribution in [3.63, 3.8) is 0 Å². The van der Waals surface area contributed by atoms with E-state index in [1.54, 1.807) is 6.20 Å². The molecule has 0 radical (unpaired) electrons. The number of carbonyl (C=O) groups is 1. The molecule has 1 aliphatic heterocycles. The maximum absolute atomic E-state index is 11.3. The number of aliphatic carboxylic acids is 1. The molecule has 1 unspecified atom stereocenters. The van der Waals surface area contributed by atoms with Gasteiger partial charge < -0.3 is 14.4 Å². The minimum absolute atomic E-state index is 0.0566. The van der Waals surface area contributed by atoms with Crippen molar-refractivity contribution in [3.8, 4) is 0 Å². The Balaban J connectivity index is 2.38. The lowest BCUT2D eigenvalue weighted by Crippen LogP contribution is -2.25. The van der Waals surface area contributed by atoms with Crippen LogP contribution in [0.15, 0.2) is 6.20 Å². The fourth-order valence-corrected chi connectivity index (χ4v) is 2.12. The molecular formula is C11H16N2O3. The fraction of sp³-hybridized carbons (Fsp3) is 0.636. The Labute approximate surface area is 94.1 Å². The van der Waals surface area contributed by atoms with E-state index < -0.39 is 11.9 Å². The van der Waals surface area contributed by atoms with Gasteiger partial charge in [0.05, 0.1) is 12.3 Å². The summed E-state index contributed by atoms with van der Waals surface area (Å²) in [4.78, 5) is 15.5. The van der Waals surface area contributed by atoms with Gasteiger partial charge in [-0.15, -0.1) is 0 Å². The van der Waals surface area contributed by atoms with Crippen molar-refractivity contribution < 1.29 is 14.6 Å². The average Bonchev–Trinajstić information content (AvgIpc) is 2.61. The highest BCUT2D eigenvalue weighted by Gasteiger charge is 2.29. The van der Waals surface area contributed by atoms with Crippen LogP contribution < -0.4 is 0 Å². The van der Waals surface area contributed by atoms with Gasteiger partial charge in [-0.05, 0) is 5.92 Å². The van der Waals surface area contributed by atoms with Crippen molar-refractivity contribution in [2.75, 3.05) is 6.61 Å². The van der Waals surface area contributed by atoms with Gasteiger partial charge in [0, 0.05) is 12.7 Å². The predicted octanol–water partition coefficient (Wildman–Crippen LogP) is 1.24. The van der Waals surface area contributed by atoms with Crippen molar-refractivity contribution in [3.05, 3.63) is 17.7 Å². The second kappa shape index (κ2) is 4.25. The van der Waals surface area contributed by atoms with Crippen molar-refractivity contribution in [1.29, 1.82) is 0 Å². The lowest BCUT2D eigenvalue weighted by atomic mass is 9.93. The summed E-state index contributed by atoms with van der Waals surface area (Å²) in [5.74, 6) is -0.391. The summed E-state index contributed by atoms with van der Waals surface area (Å²) in [5.41, 5.74) is 0.792. The monoisotopic (exact) mass is 224 g/mol. The summed E-state index contributed by atoms with van der Waals surface area (Å²) >= 11 is 0. The minimum atomic E-state index is -0.788. The molecule has 0 saturated carbocycles. The Morgan fingerprint density at radius 2 is 2.38 bits per heavy atom. The molecule has 0 saturated heterocycles. The number of carboxylic acids is 1. The maximum Gasteiger partial charge on any atom is 0.312 e. The van der Waals surface area contributed by atoms with Gasteiger partial charge in [0.1, 0.15) is 18.3 Å². The van der Waals surface area contributed by atoms with Gasteiger partial charge in [-0.2, -0.15) is 0 Å². The molecule has 0 bridgehead atoms. The summed E-state index contributed by atoms with van der Waals surface area (Å²) in [6.07, 6.45) is 1.67. The third kappa shape index (κ3) is 1.82. The average molecular weight is 224 g/mol. The third-order valence-electron chi connectivity index (χ3n) is 2.91. The zero-order valence-corrected chi connectivity index (χ0v) is 9.51. The molecular weight excluding hydrogens is 208 g/mol. The van der Waals surface area contributed by atoms with E-state index in [1.807, 2.05) is 18.4 Å². The minimum Gasteiger partial charge on any atom is -0.481 e. The number of imidazole rings is 1. The number of hydrogen-bond acceptors (Lipinski definition) is 3. The number of rotatable bonds is 3. The van der Waals surface area contributed by atoms with E-state index in [-0.39, 0.29) is 5.92 Å². The largest absolute Gasteiger partial charge is 0.481 e. The molecule has 1 N–H and O–H groups in total. The Morgan fingerprint density at radius 3 is 3.00 bits per heavy atom. The topological polar surface area (TPSA) is 64.3 Å². The van der Waals surface area contributed by atoms with Gasteiger partial charge in [-0.25, -0.2) is 4.98 Å². The molecule has 0 fully saturated rings. The lowest BCUT2D eigenvalue weighted by molar-refractivity contribution is -0.140. The second-order valence-corrected chi connectivity index (χ2v) is 4.36. The van der Waals surface area contributed by atoms with E-state index in [9.17, 15) is 9.90 Å². The highest BCUT2D eigenvalue weighted by molar-refractivity contribution is 5.75. The van der Waals surface area contributed by atoms with Crippen molar-refractivity contribution >= 4 is 5.97 Å². The van der Waals surface area contributed by atoms with Crippen molar-refractivity contribution in [2.24, 2.45) is 5.92 Å². The first-order chi connectivity index (χ1) is 7.61. The quantitative estimate of drug-likeness (QED) is 0.838. The van der Waals surface area contributed by atoms with Gasteiger partial charge >= 0.3 is 5.97 Å². The van der Waals surface area contributed by atoms with E-state index in [0.717, 1.165) is 11.5 Å². The smallest absolute Gasteiger partial charge is 0.312 e. The number of hydrogen-bond donors (Lipinski definition) is 1. The Kier molecular flexibility index (Phi) is 2.96. The molecule has 2 rings (SSSR count). The highest BCUT2D eigenvalue weighted by atomic mass is 16.5. The van der Waals surface area contributed by atoms with Crippen LogP contribution in [-0.2, 0) is 22.7 Å². The zero-order chi connectivity index (χ0) is 11.7. The van der Waals surface area contributed by atoms with Gasteiger partial charge in [-0.3, -0.25) is 4.79 Å². The molecule has 1 atom stereocenters. The molecule has 88 valence electrons. The molecule has 2 heterocycles. The van der Waals surface area contributed by atoms with Gasteiger partial charge in [-0.1, -0.05) is 13.8 Å². The van der Waals surface area contributed by atoms with Crippen LogP contribution in [0.3, 0.4) is 0 Å². The first-order valence-electron chi connectivity index (χ1n) is 5.46. The third-order valence-corrected chi connectivity index (χ3v) is 2.91. The van der Waals surface area contributed by atoms with Crippen LogP contribution in [0, 0.1) is 5.92 Å². The highest BCUT2D eigenvalue weighted by Crippen LogP contribution is 2.26. The molecule has 0 spiro atoms. The summed E-state index contributed by atoms with van der Waals surface area (Å²) in [5, 5.41) is 9.24. The van der Waals surface area contributed by atoms with Crippen LogP contribution in [0.5, 0.6) is 0 Å². The van der Waals surface area contributed by atoms with E-state index in [1.165, 1.54) is 0 Å². The molecule has 5 nitrogen and oxygen atoms in total. The molecule has 16 heavy (non-hydrogen) atoms. The number of ether oxygens (including phenoxy) is 1. The Hall–Kier alpha value is -1.36. The molecule has 0 aromatic carbocycles. The number of nitrogens with zero attached hydrogens (tertiary/aromatic N) is 2. The maximum atomic E-state index is 11.3. The number of aromatic nitrogens is 2. The molecule has 1 aromatic rings. The summed E-state index contributed by atoms with van der Waals surface area (Å²) in [6.45, 7) is 5.63. The summed E-state index contributed by atoms with van der Waals surface area (Å²) in [6, 6.07) is 0. The first kappa shape index (κ1) is 11.1. The van der Waals surface area contributed by atoms with Crippen molar-refractivity contribution in [1.82, 2.24) is 9.55 Å². The SMILES string of the molecule is CC(C)C(C(=O)O)c1cnc2n1CCOC2. The molecule has 0 amide bonds. The van der Waals surface area contributed by atoms with Crippen LogP contribution >= 0.6 is 0 Å². The lowest BCUT2D eigenvalue weighted by Gasteiger charge is -2.22. The van der Waals surface area contributed by atoms with E-state index in [4.69, 9.17) is 4.74 Å². The second-order valence-electron chi connectivity index (χ2n) is 4.36. The number of fused-ring (bicyclic) bond motifs is 1. The van der Waals surface area contributed by atoms with Crippen LogP contribution in [0.4, 0.5) is 0 Å². The van der Waals surface area contributed by atoms with Crippen molar-refractivity contribution in [2.45, 2.75) is 32.9 Å². The summed E-state index contributed by atoms with van der Waals surface area (Å²) in [7, 11) is 0. The summed E-state index contributed by atoms with van der Waals surface area (Å²) < 4.78 is 7.25. The van der Waals surface area contributed by atoms with Gasteiger partial charge in [0.25, 0.3) is 0 Å². The molecule has 0 aliphatic carbocycles. The predicted molar refractivity (Wildman–Crippen MR) is 57.1 cm³/mol. The fourth-order valence-electron chi connectivity index (χ4n) is 2.12. The first-order valence-corrected chi connectivity index (χ1v) is 5.46. The Bertz CT molecular complexity index is 398. The van der Waals surface area contributed by atoms with Gasteiger partial charge in [0.2, 0.25) is 0 Å². The van der Waals surface area contributed by atoms with Crippen LogP contribution in [-0.4, -0.2) is 27.2 Å². The molecule has 1 aliphatic rings. The number of carboxylic acid groups (broad SMARTS) is 1. The van der Waals surface area contributed by atoms with E-state index in [0.29, 0.717) is 19.8 Å². The zero-order valence-electron chi connectivity index (χ0n) is 9.51. The Morgan fingerprint density at radius 1 is 1.62 bits per heavy atom. The van der Waals surface area contributed by atoms with Crippen LogP contribution in [0.1, 0.15) is 31.3 Å². The molecule has 1 aromatic heterocycles.